The fraction of sp³-hybridized carbons (Fsp3) is 0.533. The summed E-state index contributed by atoms with van der Waals surface area (Å²) in [5, 5.41) is 2.72. The van der Waals surface area contributed by atoms with Crippen molar-refractivity contribution >= 4 is 15.9 Å². The Balaban J connectivity index is 1.60. The first-order valence-corrected chi connectivity index (χ1v) is 9.18. The number of carbonyl (C=O) groups is 1. The van der Waals surface area contributed by atoms with Crippen LogP contribution in [0.2, 0.25) is 0 Å². The van der Waals surface area contributed by atoms with Crippen LogP contribution >= 0.6 is 0 Å². The Morgan fingerprint density at radius 1 is 1.32 bits per heavy atom. The zero-order chi connectivity index (χ0) is 15.6. The van der Waals surface area contributed by atoms with Gasteiger partial charge in [-0.2, -0.15) is 0 Å². The number of amides is 1. The summed E-state index contributed by atoms with van der Waals surface area (Å²) in [7, 11) is -3.13. The molecule has 120 valence electrons. The van der Waals surface area contributed by atoms with Crippen molar-refractivity contribution in [1.82, 2.24) is 10.2 Å². The summed E-state index contributed by atoms with van der Waals surface area (Å²) in [6.07, 6.45) is 0.202. The first kappa shape index (κ1) is 15.3. The number of piperidine rings is 1. The SMILES string of the molecule is O=C(OCc1ccccc1)N1CC[C@H]2NCCS(=O)(=O)[C@@H]2C1. The Kier molecular flexibility index (Phi) is 4.35. The van der Waals surface area contributed by atoms with E-state index in [4.69, 9.17) is 4.74 Å². The van der Waals surface area contributed by atoms with Gasteiger partial charge in [0, 0.05) is 25.7 Å². The monoisotopic (exact) mass is 324 g/mol. The molecule has 1 N–H and O–H groups in total. The van der Waals surface area contributed by atoms with Gasteiger partial charge in [-0.1, -0.05) is 30.3 Å². The van der Waals surface area contributed by atoms with Crippen LogP contribution in [0.3, 0.4) is 0 Å². The maximum Gasteiger partial charge on any atom is 0.410 e. The van der Waals surface area contributed by atoms with Crippen LogP contribution < -0.4 is 5.32 Å². The molecule has 2 atom stereocenters. The predicted molar refractivity (Wildman–Crippen MR) is 82.2 cm³/mol. The zero-order valence-electron chi connectivity index (χ0n) is 12.3. The molecule has 7 heteroatoms. The Hall–Kier alpha value is -1.60. The zero-order valence-corrected chi connectivity index (χ0v) is 13.1. The summed E-state index contributed by atoms with van der Waals surface area (Å²) in [5.41, 5.74) is 0.915. The molecule has 0 saturated carbocycles. The summed E-state index contributed by atoms with van der Waals surface area (Å²) in [4.78, 5) is 13.7. The first-order valence-electron chi connectivity index (χ1n) is 7.47. The van der Waals surface area contributed by atoms with Crippen molar-refractivity contribution in [2.45, 2.75) is 24.3 Å². The quantitative estimate of drug-likeness (QED) is 0.870. The smallest absolute Gasteiger partial charge is 0.410 e. The van der Waals surface area contributed by atoms with Gasteiger partial charge in [-0.3, -0.25) is 0 Å². The number of nitrogens with one attached hydrogen (secondary N) is 1. The molecule has 1 aromatic carbocycles. The number of ether oxygens (including phenoxy) is 1. The van der Waals surface area contributed by atoms with Gasteiger partial charge in [0.05, 0.1) is 11.0 Å². The van der Waals surface area contributed by atoms with Gasteiger partial charge in [-0.15, -0.1) is 0 Å². The maximum atomic E-state index is 12.1. The van der Waals surface area contributed by atoms with Crippen LogP contribution in [0.15, 0.2) is 30.3 Å². The summed E-state index contributed by atoms with van der Waals surface area (Å²) in [6.45, 7) is 1.45. The van der Waals surface area contributed by atoms with Crippen molar-refractivity contribution < 1.29 is 17.9 Å². The average molecular weight is 324 g/mol. The van der Waals surface area contributed by atoms with Gasteiger partial charge >= 0.3 is 6.09 Å². The fourth-order valence-electron chi connectivity index (χ4n) is 3.03. The van der Waals surface area contributed by atoms with E-state index in [9.17, 15) is 13.2 Å². The van der Waals surface area contributed by atoms with Crippen LogP contribution in [0.25, 0.3) is 0 Å². The van der Waals surface area contributed by atoms with Crippen molar-refractivity contribution in [1.29, 1.82) is 0 Å². The third-order valence-electron chi connectivity index (χ3n) is 4.28. The molecule has 1 aromatic rings. The summed E-state index contributed by atoms with van der Waals surface area (Å²) < 4.78 is 29.6. The molecule has 0 unspecified atom stereocenters. The topological polar surface area (TPSA) is 75.7 Å². The van der Waals surface area contributed by atoms with Crippen LogP contribution in [0.5, 0.6) is 0 Å². The van der Waals surface area contributed by atoms with Gasteiger partial charge in [-0.05, 0) is 12.0 Å². The molecule has 2 fully saturated rings. The number of likely N-dealkylation sites (tertiary alicyclic amines) is 1. The Morgan fingerprint density at radius 2 is 2.09 bits per heavy atom. The Bertz CT molecular complexity index is 632. The van der Waals surface area contributed by atoms with E-state index in [0.717, 1.165) is 5.56 Å². The molecular weight excluding hydrogens is 304 g/mol. The number of hydrogen-bond acceptors (Lipinski definition) is 5. The van der Waals surface area contributed by atoms with Gasteiger partial charge in [0.25, 0.3) is 0 Å². The van der Waals surface area contributed by atoms with E-state index in [0.29, 0.717) is 19.5 Å². The molecule has 22 heavy (non-hydrogen) atoms. The molecular formula is C15H20N2O4S. The van der Waals surface area contributed by atoms with E-state index in [-0.39, 0.29) is 24.9 Å². The predicted octanol–water partition coefficient (Wildman–Crippen LogP) is 0.784. The largest absolute Gasteiger partial charge is 0.445 e. The van der Waals surface area contributed by atoms with E-state index < -0.39 is 21.2 Å². The summed E-state index contributed by atoms with van der Waals surface area (Å²) >= 11 is 0. The maximum absolute atomic E-state index is 12.1. The molecule has 3 rings (SSSR count). The lowest BCUT2D eigenvalue weighted by molar-refractivity contribution is 0.0856. The minimum atomic E-state index is -3.13. The summed E-state index contributed by atoms with van der Waals surface area (Å²) in [5.74, 6) is 0.140. The highest BCUT2D eigenvalue weighted by molar-refractivity contribution is 7.92. The van der Waals surface area contributed by atoms with Crippen LogP contribution in [0.1, 0.15) is 12.0 Å². The third-order valence-corrected chi connectivity index (χ3v) is 6.45. The second-order valence-electron chi connectivity index (χ2n) is 5.74. The van der Waals surface area contributed by atoms with Crippen LogP contribution in [0, 0.1) is 0 Å². The third kappa shape index (κ3) is 3.25. The highest BCUT2D eigenvalue weighted by Gasteiger charge is 2.42. The number of fused-ring (bicyclic) bond motifs is 1. The van der Waals surface area contributed by atoms with Crippen LogP contribution in [0.4, 0.5) is 4.79 Å². The van der Waals surface area contributed by atoms with E-state index in [1.807, 2.05) is 30.3 Å². The molecule has 0 spiro atoms. The number of sulfone groups is 1. The van der Waals surface area contributed by atoms with Gasteiger partial charge in [-0.25, -0.2) is 13.2 Å². The number of hydrogen-bond donors (Lipinski definition) is 1. The number of carbonyl (C=O) groups excluding carboxylic acids is 1. The standard InChI is InChI=1S/C15H20N2O4S/c18-15(21-11-12-4-2-1-3-5-12)17-8-6-13-14(10-17)22(19,20)9-7-16-13/h1-5,13-14,16H,6-11H2/t13-,14-/m1/s1. The highest BCUT2D eigenvalue weighted by Crippen LogP contribution is 2.22. The van der Waals surface area contributed by atoms with Gasteiger partial charge in [0.1, 0.15) is 6.61 Å². The normalized spacial score (nSPS) is 27.0. The lowest BCUT2D eigenvalue weighted by Crippen LogP contribution is -2.61. The number of nitrogens with zero attached hydrogens (tertiary/aromatic N) is 1. The average Bonchev–Trinajstić information content (AvgIpc) is 2.53. The van der Waals surface area contributed by atoms with Crippen molar-refractivity contribution in [3.8, 4) is 0 Å². The lowest BCUT2D eigenvalue weighted by atomic mass is 10.0. The van der Waals surface area contributed by atoms with Crippen molar-refractivity contribution in [2.75, 3.05) is 25.4 Å². The Labute approximate surface area is 130 Å². The lowest BCUT2D eigenvalue weighted by Gasteiger charge is -2.40. The molecule has 0 bridgehead atoms. The molecule has 6 nitrogen and oxygen atoms in total. The van der Waals surface area contributed by atoms with Crippen molar-refractivity contribution in [2.24, 2.45) is 0 Å². The molecule has 2 heterocycles. The van der Waals surface area contributed by atoms with Crippen molar-refractivity contribution in [3.05, 3.63) is 35.9 Å². The van der Waals surface area contributed by atoms with E-state index >= 15 is 0 Å². The second-order valence-corrected chi connectivity index (χ2v) is 8.08. The molecule has 0 aromatic heterocycles. The fourth-order valence-corrected chi connectivity index (χ4v) is 4.87. The Morgan fingerprint density at radius 3 is 2.86 bits per heavy atom. The van der Waals surface area contributed by atoms with Crippen LogP contribution in [-0.2, 0) is 21.2 Å². The highest BCUT2D eigenvalue weighted by atomic mass is 32.2. The molecule has 1 amide bonds. The van der Waals surface area contributed by atoms with Gasteiger partial charge in [0.2, 0.25) is 0 Å². The van der Waals surface area contributed by atoms with E-state index in [1.165, 1.54) is 4.90 Å². The minimum Gasteiger partial charge on any atom is -0.445 e. The molecule has 0 aliphatic carbocycles. The molecule has 2 aliphatic heterocycles. The number of rotatable bonds is 2. The minimum absolute atomic E-state index is 0.0445. The van der Waals surface area contributed by atoms with Crippen LogP contribution in [-0.4, -0.2) is 56.1 Å². The van der Waals surface area contributed by atoms with Crippen molar-refractivity contribution in [3.63, 3.8) is 0 Å². The second kappa shape index (κ2) is 6.26. The molecule has 0 radical (unpaired) electrons. The first-order chi connectivity index (χ1) is 10.6. The van der Waals surface area contributed by atoms with Gasteiger partial charge < -0.3 is 15.0 Å². The molecule has 2 aliphatic rings. The summed E-state index contributed by atoms with van der Waals surface area (Å²) in [6, 6.07) is 9.39. The number of benzene rings is 1. The van der Waals surface area contributed by atoms with E-state index in [1.54, 1.807) is 0 Å². The van der Waals surface area contributed by atoms with Gasteiger partial charge in [0.15, 0.2) is 9.84 Å². The molecule has 2 saturated heterocycles. The van der Waals surface area contributed by atoms with E-state index in [2.05, 4.69) is 5.32 Å².